The molecule has 4 nitrogen and oxygen atoms in total. The Kier molecular flexibility index (Phi) is 5.48. The zero-order chi connectivity index (χ0) is 12.9. The Labute approximate surface area is 98.4 Å². The molecule has 1 heterocycles. The fourth-order valence-corrected chi connectivity index (χ4v) is 2.03. The molecule has 1 aliphatic heterocycles. The summed E-state index contributed by atoms with van der Waals surface area (Å²) in [4.78, 5) is 24.6. The molecule has 1 saturated heterocycles. The normalized spacial score (nSPS) is 17.4. The molecule has 0 saturated carbocycles. The largest absolute Gasteiger partial charge is 0.336 e. The predicted molar refractivity (Wildman–Crippen MR) is 65.4 cm³/mol. The summed E-state index contributed by atoms with van der Waals surface area (Å²) in [5.41, 5.74) is -0.201. The van der Waals surface area contributed by atoms with Crippen LogP contribution in [0.3, 0.4) is 0 Å². The van der Waals surface area contributed by atoms with Crippen LogP contribution in [0.5, 0.6) is 0 Å². The van der Waals surface area contributed by atoms with E-state index in [1.54, 1.807) is 11.8 Å². The Hall–Kier alpha value is -1.06. The molecule has 1 N–H and O–H groups in total. The fourth-order valence-electron chi connectivity index (χ4n) is 2.03. The fraction of sp³-hybridized carbons (Fsp3) is 0.833. The maximum Gasteiger partial charge on any atom is 0.318 e. The molecule has 2 amide bonds. The number of nitrogens with zero attached hydrogens (tertiary/aromatic N) is 1. The van der Waals surface area contributed by atoms with Gasteiger partial charge in [-0.25, -0.2) is 4.79 Å². The Morgan fingerprint density at radius 1 is 1.38 bits per heavy atom. The van der Waals surface area contributed by atoms with E-state index in [0.29, 0.717) is 13.1 Å². The van der Waals surface area contributed by atoms with Gasteiger partial charge in [-0.2, -0.15) is 0 Å². The van der Waals surface area contributed by atoms with Crippen LogP contribution in [0.25, 0.3) is 0 Å². The molecular weight excluding hydrogens is 204 g/mol. The molecule has 1 atom stereocenters. The molecule has 0 aromatic carbocycles. The van der Waals surface area contributed by atoms with E-state index in [1.165, 1.54) is 0 Å². The smallest absolute Gasteiger partial charge is 0.318 e. The summed E-state index contributed by atoms with van der Waals surface area (Å²) in [5.74, 6) is 0.0505. The van der Waals surface area contributed by atoms with Crippen molar-refractivity contribution in [2.45, 2.75) is 47.6 Å². The lowest BCUT2D eigenvalue weighted by atomic mass is 9.83. The summed E-state index contributed by atoms with van der Waals surface area (Å²) in [6.45, 7) is 12.7. The third-order valence-corrected chi connectivity index (χ3v) is 2.41. The van der Waals surface area contributed by atoms with Crippen molar-refractivity contribution in [3.05, 3.63) is 0 Å². The number of nitrogens with one attached hydrogen (secondary N) is 1. The Bertz CT molecular complexity index is 256. The minimum Gasteiger partial charge on any atom is -0.336 e. The number of rotatable bonds is 2. The van der Waals surface area contributed by atoms with Gasteiger partial charge >= 0.3 is 6.03 Å². The molecule has 0 aromatic heterocycles. The molecule has 0 radical (unpaired) electrons. The molecule has 1 rings (SSSR count). The van der Waals surface area contributed by atoms with E-state index < -0.39 is 0 Å². The monoisotopic (exact) mass is 228 g/mol. The molecule has 1 unspecified atom stereocenters. The van der Waals surface area contributed by atoms with Crippen LogP contribution >= 0.6 is 0 Å². The van der Waals surface area contributed by atoms with E-state index in [2.05, 4.69) is 5.32 Å². The number of carbonyl (C=O) groups excluding carboxylic acids is 2. The Morgan fingerprint density at radius 2 is 1.88 bits per heavy atom. The van der Waals surface area contributed by atoms with E-state index in [0.717, 1.165) is 0 Å². The van der Waals surface area contributed by atoms with E-state index in [4.69, 9.17) is 0 Å². The van der Waals surface area contributed by atoms with Gasteiger partial charge in [-0.05, 0) is 12.3 Å². The maximum atomic E-state index is 11.5. The number of hydrogen-bond acceptors (Lipinski definition) is 2. The van der Waals surface area contributed by atoms with Crippen LogP contribution in [0.2, 0.25) is 0 Å². The number of ketones is 1. The molecular formula is C12H24N2O2. The first-order chi connectivity index (χ1) is 7.34. The molecule has 1 aliphatic rings. The average molecular weight is 228 g/mol. The summed E-state index contributed by atoms with van der Waals surface area (Å²) in [6.07, 6.45) is 0. The van der Waals surface area contributed by atoms with Crippen molar-refractivity contribution in [1.82, 2.24) is 10.2 Å². The quantitative estimate of drug-likeness (QED) is 0.786. The van der Waals surface area contributed by atoms with Crippen LogP contribution in [0.15, 0.2) is 0 Å². The average Bonchev–Trinajstić information content (AvgIpc) is 2.53. The van der Waals surface area contributed by atoms with Crippen molar-refractivity contribution in [3.63, 3.8) is 0 Å². The zero-order valence-corrected chi connectivity index (χ0v) is 11.3. The van der Waals surface area contributed by atoms with Crippen molar-refractivity contribution >= 4 is 11.8 Å². The molecule has 0 aliphatic carbocycles. The van der Waals surface area contributed by atoms with Gasteiger partial charge < -0.3 is 10.2 Å². The van der Waals surface area contributed by atoms with Crippen molar-refractivity contribution in [3.8, 4) is 0 Å². The van der Waals surface area contributed by atoms with Gasteiger partial charge in [0.2, 0.25) is 0 Å². The molecule has 0 aromatic rings. The van der Waals surface area contributed by atoms with Crippen LogP contribution in [0.4, 0.5) is 4.79 Å². The number of Topliss-reactive ketones (excluding diaryl/α,β-unsaturated/α-hetero) is 1. The number of hydrogen-bond donors (Lipinski definition) is 1. The van der Waals surface area contributed by atoms with Crippen LogP contribution in [0.1, 0.15) is 41.5 Å². The first-order valence-corrected chi connectivity index (χ1v) is 5.89. The topological polar surface area (TPSA) is 49.4 Å². The maximum absolute atomic E-state index is 11.5. The molecule has 4 heteroatoms. The SMILES string of the molecule is CC.CC(=O)C(N1CCNC1=O)C(C)(C)C. The first kappa shape index (κ1) is 14.9. The van der Waals surface area contributed by atoms with E-state index in [9.17, 15) is 9.59 Å². The van der Waals surface area contributed by atoms with Crippen molar-refractivity contribution in [2.24, 2.45) is 5.41 Å². The summed E-state index contributed by atoms with van der Waals surface area (Å²) in [6, 6.07) is -0.440. The van der Waals surface area contributed by atoms with Crippen molar-refractivity contribution in [2.75, 3.05) is 13.1 Å². The van der Waals surface area contributed by atoms with Crippen LogP contribution < -0.4 is 5.32 Å². The van der Waals surface area contributed by atoms with E-state index in [1.807, 2.05) is 34.6 Å². The van der Waals surface area contributed by atoms with Gasteiger partial charge in [-0.3, -0.25) is 4.79 Å². The standard InChI is InChI=1S/C10H18N2O2.C2H6/c1-7(13)8(10(2,3)4)12-6-5-11-9(12)14;1-2/h8H,5-6H2,1-4H3,(H,11,14);1-2H3. The molecule has 1 fully saturated rings. The highest BCUT2D eigenvalue weighted by molar-refractivity contribution is 5.88. The zero-order valence-electron chi connectivity index (χ0n) is 11.3. The highest BCUT2D eigenvalue weighted by Gasteiger charge is 2.38. The number of urea groups is 1. The first-order valence-electron chi connectivity index (χ1n) is 5.89. The summed E-state index contributed by atoms with van der Waals surface area (Å²) in [5, 5.41) is 2.71. The lowest BCUT2D eigenvalue weighted by Gasteiger charge is -2.35. The highest BCUT2D eigenvalue weighted by Crippen LogP contribution is 2.26. The van der Waals surface area contributed by atoms with Gasteiger partial charge in [0.15, 0.2) is 5.78 Å². The molecule has 0 bridgehead atoms. The Balaban J connectivity index is 0.00000106. The number of amides is 2. The van der Waals surface area contributed by atoms with Crippen LogP contribution in [-0.4, -0.2) is 35.8 Å². The summed E-state index contributed by atoms with van der Waals surface area (Å²) in [7, 11) is 0. The minimum absolute atomic E-state index is 0.0505. The second-order valence-corrected chi connectivity index (χ2v) is 4.80. The third kappa shape index (κ3) is 3.51. The Morgan fingerprint density at radius 3 is 2.12 bits per heavy atom. The number of carbonyl (C=O) groups is 2. The van der Waals surface area contributed by atoms with Crippen LogP contribution in [-0.2, 0) is 4.79 Å². The van der Waals surface area contributed by atoms with Gasteiger partial charge in [0, 0.05) is 13.1 Å². The van der Waals surface area contributed by atoms with Crippen molar-refractivity contribution < 1.29 is 9.59 Å². The van der Waals surface area contributed by atoms with Crippen LogP contribution in [0, 0.1) is 5.41 Å². The minimum atomic E-state index is -0.315. The van der Waals surface area contributed by atoms with Gasteiger partial charge in [-0.1, -0.05) is 34.6 Å². The second-order valence-electron chi connectivity index (χ2n) is 4.80. The van der Waals surface area contributed by atoms with Gasteiger partial charge in [0.1, 0.15) is 0 Å². The summed E-state index contributed by atoms with van der Waals surface area (Å²) < 4.78 is 0. The van der Waals surface area contributed by atoms with Gasteiger partial charge in [-0.15, -0.1) is 0 Å². The third-order valence-electron chi connectivity index (χ3n) is 2.41. The molecule has 94 valence electrons. The summed E-state index contributed by atoms with van der Waals surface area (Å²) >= 11 is 0. The lowest BCUT2D eigenvalue weighted by Crippen LogP contribution is -2.49. The van der Waals surface area contributed by atoms with Crippen molar-refractivity contribution in [1.29, 1.82) is 0 Å². The highest BCUT2D eigenvalue weighted by atomic mass is 16.2. The second kappa shape index (κ2) is 5.87. The lowest BCUT2D eigenvalue weighted by molar-refractivity contribution is -0.124. The molecule has 16 heavy (non-hydrogen) atoms. The van der Waals surface area contributed by atoms with Gasteiger partial charge in [0.05, 0.1) is 6.04 Å². The molecule has 0 spiro atoms. The predicted octanol–water partition coefficient (Wildman–Crippen LogP) is 2.04. The van der Waals surface area contributed by atoms with Gasteiger partial charge in [0.25, 0.3) is 0 Å². The van der Waals surface area contributed by atoms with E-state index in [-0.39, 0.29) is 23.3 Å². The van der Waals surface area contributed by atoms with E-state index >= 15 is 0 Å².